The molecule has 0 aromatic heterocycles. The van der Waals surface area contributed by atoms with Crippen molar-refractivity contribution in [2.24, 2.45) is 0 Å². The monoisotopic (exact) mass is 682 g/mol. The molecule has 0 saturated carbocycles. The number of carbonyl (C=O) groups excluding carboxylic acids is 2. The van der Waals surface area contributed by atoms with Crippen LogP contribution in [0.15, 0.2) is 127 Å². The summed E-state index contributed by atoms with van der Waals surface area (Å²) >= 11 is 0. The molecule has 0 aliphatic heterocycles. The highest BCUT2D eigenvalue weighted by atomic mass is 16.5. The fourth-order valence-corrected chi connectivity index (χ4v) is 6.39. The van der Waals surface area contributed by atoms with Crippen molar-refractivity contribution in [2.45, 2.75) is 18.4 Å². The number of rotatable bonds is 15. The van der Waals surface area contributed by atoms with Crippen LogP contribution < -0.4 is 20.1 Å². The Labute approximate surface area is 298 Å². The van der Waals surface area contributed by atoms with E-state index in [1.807, 2.05) is 109 Å². The third kappa shape index (κ3) is 7.72. The van der Waals surface area contributed by atoms with E-state index in [-0.39, 0.29) is 18.4 Å². The van der Waals surface area contributed by atoms with E-state index < -0.39 is 5.60 Å². The number of methoxy groups -OCH3 is 2. The van der Waals surface area contributed by atoms with Gasteiger partial charge in [-0.1, -0.05) is 78.9 Å². The molecule has 6 aromatic rings. The Bertz CT molecular complexity index is 2050. The summed E-state index contributed by atoms with van der Waals surface area (Å²) in [4.78, 5) is 26.2. The maximum Gasteiger partial charge on any atom is 0.251 e. The molecule has 8 nitrogen and oxygen atoms in total. The Morgan fingerprint density at radius 2 is 1.04 bits per heavy atom. The summed E-state index contributed by atoms with van der Waals surface area (Å²) in [6, 6.07) is 41.1. The lowest BCUT2D eigenvalue weighted by Crippen LogP contribution is -2.34. The first-order chi connectivity index (χ1) is 25.0. The highest BCUT2D eigenvalue weighted by Crippen LogP contribution is 2.41. The van der Waals surface area contributed by atoms with Crippen molar-refractivity contribution in [1.29, 1.82) is 0 Å². The number of hydrogen-bond donors (Lipinski definition) is 3. The van der Waals surface area contributed by atoms with E-state index in [4.69, 9.17) is 19.3 Å². The minimum Gasteiger partial charge on any atom is -0.497 e. The number of nitrogens with one attached hydrogen (secondary N) is 2. The smallest absolute Gasteiger partial charge is 0.251 e. The highest BCUT2D eigenvalue weighted by Gasteiger charge is 2.37. The summed E-state index contributed by atoms with van der Waals surface area (Å²) in [5.74, 6) is 1.11. The first-order valence-electron chi connectivity index (χ1n) is 17.1. The molecule has 6 aromatic carbocycles. The number of fused-ring (bicyclic) bond motifs is 3. The second-order valence-electron chi connectivity index (χ2n) is 12.2. The number of hydrogen-bond acceptors (Lipinski definition) is 6. The Hall–Kier alpha value is -5.70. The minimum atomic E-state index is -0.933. The summed E-state index contributed by atoms with van der Waals surface area (Å²) in [6.07, 6.45) is 1.06. The first-order valence-corrected chi connectivity index (χ1v) is 17.1. The zero-order chi connectivity index (χ0) is 35.6. The average molecular weight is 683 g/mol. The normalized spacial score (nSPS) is 11.4. The van der Waals surface area contributed by atoms with Gasteiger partial charge in [-0.05, 0) is 99.6 Å². The second kappa shape index (κ2) is 16.3. The summed E-state index contributed by atoms with van der Waals surface area (Å²) in [7, 11) is 3.29. The van der Waals surface area contributed by atoms with Crippen LogP contribution in [-0.2, 0) is 10.3 Å². The Morgan fingerprint density at radius 3 is 1.51 bits per heavy atom. The zero-order valence-corrected chi connectivity index (χ0v) is 28.9. The van der Waals surface area contributed by atoms with Crippen molar-refractivity contribution in [3.63, 3.8) is 0 Å². The Morgan fingerprint density at radius 1 is 0.588 bits per heavy atom. The number of amides is 2. The molecule has 0 aliphatic carbocycles. The molecule has 0 fully saturated rings. The molecule has 0 bridgehead atoms. The van der Waals surface area contributed by atoms with E-state index >= 15 is 0 Å². The lowest BCUT2D eigenvalue weighted by atomic mass is 9.80. The SMILES string of the molecule is COc1ccc(C(OCCCNC(=O)c2ccc3ccc4ccc(C(=O)NCCCO)cc4c3c2)(c2ccccc2)c2ccc(OC)cc2)cc1. The Kier molecular flexibility index (Phi) is 11.3. The van der Waals surface area contributed by atoms with Crippen LogP contribution in [0.1, 0.15) is 50.2 Å². The largest absolute Gasteiger partial charge is 0.497 e. The van der Waals surface area contributed by atoms with Crippen LogP contribution in [0.5, 0.6) is 11.5 Å². The zero-order valence-electron chi connectivity index (χ0n) is 28.9. The van der Waals surface area contributed by atoms with E-state index in [2.05, 4.69) is 22.8 Å². The van der Waals surface area contributed by atoms with Gasteiger partial charge in [0.2, 0.25) is 0 Å². The summed E-state index contributed by atoms with van der Waals surface area (Å²) in [5.41, 5.74) is 2.98. The van der Waals surface area contributed by atoms with E-state index in [0.717, 1.165) is 49.7 Å². The van der Waals surface area contributed by atoms with Crippen LogP contribution in [0.25, 0.3) is 21.5 Å². The highest BCUT2D eigenvalue weighted by molar-refractivity contribution is 6.12. The van der Waals surface area contributed by atoms with Gasteiger partial charge in [0.25, 0.3) is 11.8 Å². The number of carbonyl (C=O) groups is 2. The second-order valence-corrected chi connectivity index (χ2v) is 12.2. The molecule has 0 unspecified atom stereocenters. The molecule has 0 saturated heterocycles. The minimum absolute atomic E-state index is 0.0162. The van der Waals surface area contributed by atoms with Crippen LogP contribution in [0.3, 0.4) is 0 Å². The fraction of sp³-hybridized carbons (Fsp3) is 0.209. The molecular formula is C43H42N2O6. The quantitative estimate of drug-likeness (QED) is 0.0599. The molecule has 0 heterocycles. The molecule has 260 valence electrons. The average Bonchev–Trinajstić information content (AvgIpc) is 3.19. The van der Waals surface area contributed by atoms with Crippen molar-refractivity contribution in [2.75, 3.05) is 40.5 Å². The maximum atomic E-state index is 13.4. The van der Waals surface area contributed by atoms with Crippen molar-refractivity contribution >= 4 is 33.4 Å². The van der Waals surface area contributed by atoms with Gasteiger partial charge >= 0.3 is 0 Å². The molecule has 8 heteroatoms. The lowest BCUT2D eigenvalue weighted by Gasteiger charge is -2.36. The molecular weight excluding hydrogens is 640 g/mol. The number of ether oxygens (including phenoxy) is 3. The summed E-state index contributed by atoms with van der Waals surface area (Å²) < 4.78 is 17.8. The van der Waals surface area contributed by atoms with Gasteiger partial charge in [-0.3, -0.25) is 9.59 Å². The van der Waals surface area contributed by atoms with Crippen LogP contribution in [0.4, 0.5) is 0 Å². The summed E-state index contributed by atoms with van der Waals surface area (Å²) in [5, 5.41) is 18.7. The number of benzene rings is 6. The predicted octanol–water partition coefficient (Wildman–Crippen LogP) is 7.25. The van der Waals surface area contributed by atoms with Gasteiger partial charge < -0.3 is 30.0 Å². The van der Waals surface area contributed by atoms with Crippen molar-refractivity contribution < 1.29 is 28.9 Å². The van der Waals surface area contributed by atoms with Gasteiger partial charge in [-0.25, -0.2) is 0 Å². The molecule has 0 radical (unpaired) electrons. The molecule has 0 spiro atoms. The molecule has 0 aliphatic rings. The van der Waals surface area contributed by atoms with Crippen LogP contribution in [0, 0.1) is 0 Å². The molecule has 2 amide bonds. The summed E-state index contributed by atoms with van der Waals surface area (Å²) in [6.45, 7) is 1.18. The number of aliphatic hydroxyl groups excluding tert-OH is 1. The first kappa shape index (κ1) is 35.1. The van der Waals surface area contributed by atoms with Crippen molar-refractivity contribution in [3.05, 3.63) is 155 Å². The van der Waals surface area contributed by atoms with Gasteiger partial charge in [0, 0.05) is 30.8 Å². The topological polar surface area (TPSA) is 106 Å². The van der Waals surface area contributed by atoms with E-state index in [0.29, 0.717) is 43.7 Å². The van der Waals surface area contributed by atoms with Gasteiger partial charge in [0.05, 0.1) is 20.8 Å². The van der Waals surface area contributed by atoms with E-state index in [1.165, 1.54) is 0 Å². The fourth-order valence-electron chi connectivity index (χ4n) is 6.39. The standard InChI is InChI=1S/C43H42N2O6/c1-49-37-20-16-35(17-21-37)43(34-8-4-3-5-9-34,36-18-22-38(50-2)23-19-36)51-27-7-25-45-42(48)33-15-13-31-11-10-30-12-14-32(28-39(30)40(31)29-33)41(47)44-24-6-26-46/h3-5,8-23,28-29,46H,6-7,24-27H2,1-2H3,(H,44,47)(H,45,48). The molecule has 6 rings (SSSR count). The number of aliphatic hydroxyl groups is 1. The third-order valence-corrected chi connectivity index (χ3v) is 9.08. The van der Waals surface area contributed by atoms with E-state index in [9.17, 15) is 9.59 Å². The van der Waals surface area contributed by atoms with Gasteiger partial charge in [0.1, 0.15) is 17.1 Å². The third-order valence-electron chi connectivity index (χ3n) is 9.08. The lowest BCUT2D eigenvalue weighted by molar-refractivity contribution is 0.0117. The molecule has 0 atom stereocenters. The van der Waals surface area contributed by atoms with Gasteiger partial charge in [0.15, 0.2) is 0 Å². The van der Waals surface area contributed by atoms with Crippen molar-refractivity contribution in [1.82, 2.24) is 10.6 Å². The van der Waals surface area contributed by atoms with Gasteiger partial charge in [-0.2, -0.15) is 0 Å². The maximum absolute atomic E-state index is 13.4. The van der Waals surface area contributed by atoms with Crippen molar-refractivity contribution in [3.8, 4) is 11.5 Å². The predicted molar refractivity (Wildman–Crippen MR) is 201 cm³/mol. The molecule has 51 heavy (non-hydrogen) atoms. The van der Waals surface area contributed by atoms with Crippen LogP contribution in [-0.4, -0.2) is 57.4 Å². The van der Waals surface area contributed by atoms with Crippen LogP contribution in [0.2, 0.25) is 0 Å². The Balaban J connectivity index is 1.20. The van der Waals surface area contributed by atoms with E-state index in [1.54, 1.807) is 20.3 Å². The molecule has 3 N–H and O–H groups in total. The van der Waals surface area contributed by atoms with Gasteiger partial charge in [-0.15, -0.1) is 0 Å². The van der Waals surface area contributed by atoms with Crippen LogP contribution >= 0.6 is 0 Å².